The molecule has 2 N–H and O–H groups in total. The summed E-state index contributed by atoms with van der Waals surface area (Å²) < 4.78 is 1.58. The van der Waals surface area contributed by atoms with Gasteiger partial charge in [0.15, 0.2) is 17.2 Å². The largest absolute Gasteiger partial charge is 0.504 e. The molecule has 86 valence electrons. The van der Waals surface area contributed by atoms with Crippen molar-refractivity contribution in [3.05, 3.63) is 24.0 Å². The Morgan fingerprint density at radius 1 is 1.24 bits per heavy atom. The van der Waals surface area contributed by atoms with Crippen molar-refractivity contribution in [2.75, 3.05) is 0 Å². The average Bonchev–Trinajstić information content (AvgIpc) is 2.89. The highest BCUT2D eigenvalue weighted by atomic mass is 16.3. The third-order valence-electron chi connectivity index (χ3n) is 2.66. The quantitative estimate of drug-likeness (QED) is 0.646. The number of rotatable bonds is 1. The van der Waals surface area contributed by atoms with E-state index in [1.165, 1.54) is 6.33 Å². The lowest BCUT2D eigenvalue weighted by Gasteiger charge is -2.02. The second kappa shape index (κ2) is 3.27. The number of nitrogens with zero attached hydrogens (tertiary/aromatic N) is 5. The minimum absolute atomic E-state index is 0.177. The summed E-state index contributed by atoms with van der Waals surface area (Å²) in [5.41, 5.74) is 2.46. The summed E-state index contributed by atoms with van der Waals surface area (Å²) in [7, 11) is 0. The number of aryl methyl sites for hydroxylation is 1. The summed E-state index contributed by atoms with van der Waals surface area (Å²) in [5, 5.41) is 14.0. The Kier molecular flexibility index (Phi) is 1.88. The molecular formula is C10H10N6O. The summed E-state index contributed by atoms with van der Waals surface area (Å²) in [6, 6.07) is 0. The van der Waals surface area contributed by atoms with E-state index in [2.05, 4.69) is 25.0 Å². The molecule has 0 aliphatic carbocycles. The molecule has 7 heteroatoms. The van der Waals surface area contributed by atoms with Crippen LogP contribution in [-0.4, -0.2) is 34.8 Å². The maximum Gasteiger partial charge on any atom is 0.183 e. The molecule has 3 aromatic heterocycles. The van der Waals surface area contributed by atoms with E-state index in [0.29, 0.717) is 28.4 Å². The van der Waals surface area contributed by atoms with Crippen LogP contribution in [0.25, 0.3) is 17.0 Å². The fourth-order valence-electron chi connectivity index (χ4n) is 1.75. The van der Waals surface area contributed by atoms with Crippen molar-refractivity contribution in [3.63, 3.8) is 0 Å². The van der Waals surface area contributed by atoms with Gasteiger partial charge in [0.2, 0.25) is 0 Å². The molecule has 3 heterocycles. The van der Waals surface area contributed by atoms with Gasteiger partial charge in [-0.3, -0.25) is 0 Å². The first-order valence-electron chi connectivity index (χ1n) is 5.08. The number of fused-ring (bicyclic) bond motifs is 1. The lowest BCUT2D eigenvalue weighted by atomic mass is 10.3. The number of nitrogens with one attached hydrogen (secondary N) is 1. The first-order chi connectivity index (χ1) is 8.18. The Morgan fingerprint density at radius 2 is 2.06 bits per heavy atom. The fraction of sp³-hybridized carbons (Fsp3) is 0.200. The van der Waals surface area contributed by atoms with Gasteiger partial charge in [-0.1, -0.05) is 0 Å². The van der Waals surface area contributed by atoms with Gasteiger partial charge in [0, 0.05) is 0 Å². The van der Waals surface area contributed by atoms with E-state index in [-0.39, 0.29) is 5.75 Å². The molecule has 0 fully saturated rings. The van der Waals surface area contributed by atoms with Gasteiger partial charge in [0.25, 0.3) is 0 Å². The van der Waals surface area contributed by atoms with Crippen LogP contribution in [0.15, 0.2) is 12.7 Å². The van der Waals surface area contributed by atoms with Gasteiger partial charge >= 0.3 is 0 Å². The molecule has 3 rings (SSSR count). The van der Waals surface area contributed by atoms with Crippen molar-refractivity contribution in [1.82, 2.24) is 29.7 Å². The minimum atomic E-state index is 0.177. The zero-order valence-corrected chi connectivity index (χ0v) is 9.34. The van der Waals surface area contributed by atoms with Crippen LogP contribution >= 0.6 is 0 Å². The highest BCUT2D eigenvalue weighted by Gasteiger charge is 2.15. The number of H-pyrrole nitrogens is 1. The van der Waals surface area contributed by atoms with Crippen molar-refractivity contribution in [2.45, 2.75) is 13.8 Å². The molecule has 7 nitrogen and oxygen atoms in total. The number of aromatic amines is 1. The molecule has 0 saturated heterocycles. The summed E-state index contributed by atoms with van der Waals surface area (Å²) in [6.45, 7) is 3.52. The van der Waals surface area contributed by atoms with E-state index < -0.39 is 0 Å². The average molecular weight is 230 g/mol. The molecule has 0 unspecified atom stereocenters. The highest BCUT2D eigenvalue weighted by molar-refractivity contribution is 5.77. The molecule has 3 aromatic rings. The van der Waals surface area contributed by atoms with Crippen molar-refractivity contribution in [1.29, 1.82) is 0 Å². The standard InChI is InChI=1S/C10H10N6O/c1-5-8(17)6(2)16(15-5)10-7-9(12-3-11-7)13-4-14-10/h3-4,17H,1-2H3,(H,11,12,13,14). The molecule has 0 aromatic carbocycles. The van der Waals surface area contributed by atoms with Crippen LogP contribution in [0, 0.1) is 13.8 Å². The smallest absolute Gasteiger partial charge is 0.183 e. The lowest BCUT2D eigenvalue weighted by molar-refractivity contribution is 0.466. The van der Waals surface area contributed by atoms with Crippen LogP contribution in [0.1, 0.15) is 11.4 Å². The second-order valence-electron chi connectivity index (χ2n) is 3.73. The highest BCUT2D eigenvalue weighted by Crippen LogP contribution is 2.24. The predicted octanol–water partition coefficient (Wildman–Crippen LogP) is 0.861. The topological polar surface area (TPSA) is 92.5 Å². The molecule has 0 aliphatic rings. The van der Waals surface area contributed by atoms with Gasteiger partial charge in [-0.05, 0) is 13.8 Å². The van der Waals surface area contributed by atoms with Crippen LogP contribution in [0.3, 0.4) is 0 Å². The van der Waals surface area contributed by atoms with E-state index in [1.807, 2.05) is 0 Å². The van der Waals surface area contributed by atoms with Gasteiger partial charge in [0.1, 0.15) is 17.5 Å². The van der Waals surface area contributed by atoms with Crippen molar-refractivity contribution < 1.29 is 5.11 Å². The van der Waals surface area contributed by atoms with E-state index in [4.69, 9.17) is 0 Å². The summed E-state index contributed by atoms with van der Waals surface area (Å²) in [5.74, 6) is 0.754. The third-order valence-corrected chi connectivity index (χ3v) is 2.66. The zero-order valence-electron chi connectivity index (χ0n) is 9.34. The summed E-state index contributed by atoms with van der Waals surface area (Å²) in [4.78, 5) is 15.2. The van der Waals surface area contributed by atoms with E-state index in [1.54, 1.807) is 24.9 Å². The first kappa shape index (κ1) is 9.76. The normalized spacial score (nSPS) is 11.2. The van der Waals surface area contributed by atoms with Crippen LogP contribution in [0.4, 0.5) is 0 Å². The van der Waals surface area contributed by atoms with Crippen LogP contribution in [-0.2, 0) is 0 Å². The molecule has 0 amide bonds. The van der Waals surface area contributed by atoms with Gasteiger partial charge in [0.05, 0.1) is 12.0 Å². The first-order valence-corrected chi connectivity index (χ1v) is 5.08. The maximum atomic E-state index is 9.76. The Bertz CT molecular complexity index is 698. The fourth-order valence-corrected chi connectivity index (χ4v) is 1.75. The Balaban J connectivity index is 2.34. The SMILES string of the molecule is Cc1nn(-c2ncnc3nc[nH]c23)c(C)c1O. The summed E-state index contributed by atoms with van der Waals surface area (Å²) >= 11 is 0. The lowest BCUT2D eigenvalue weighted by Crippen LogP contribution is -2.03. The van der Waals surface area contributed by atoms with Crippen LogP contribution in [0.2, 0.25) is 0 Å². The zero-order chi connectivity index (χ0) is 12.0. The predicted molar refractivity (Wildman–Crippen MR) is 59.9 cm³/mol. The van der Waals surface area contributed by atoms with Crippen LogP contribution < -0.4 is 0 Å². The van der Waals surface area contributed by atoms with E-state index >= 15 is 0 Å². The number of hydrogen-bond donors (Lipinski definition) is 2. The molecule has 0 atom stereocenters. The number of imidazole rings is 1. The Morgan fingerprint density at radius 3 is 2.76 bits per heavy atom. The molecule has 0 radical (unpaired) electrons. The summed E-state index contributed by atoms with van der Waals surface area (Å²) in [6.07, 6.45) is 2.97. The molecular weight excluding hydrogens is 220 g/mol. The molecule has 0 saturated carbocycles. The number of hydrogen-bond acceptors (Lipinski definition) is 5. The van der Waals surface area contributed by atoms with Crippen molar-refractivity contribution in [3.8, 4) is 11.6 Å². The van der Waals surface area contributed by atoms with Crippen LogP contribution in [0.5, 0.6) is 5.75 Å². The Hall–Kier alpha value is -2.44. The third kappa shape index (κ3) is 1.28. The molecule has 0 bridgehead atoms. The van der Waals surface area contributed by atoms with E-state index in [9.17, 15) is 5.11 Å². The van der Waals surface area contributed by atoms with Gasteiger partial charge < -0.3 is 10.1 Å². The molecule has 0 aliphatic heterocycles. The number of aromatic nitrogens is 6. The Labute approximate surface area is 96.2 Å². The maximum absolute atomic E-state index is 9.76. The van der Waals surface area contributed by atoms with Gasteiger partial charge in [-0.25, -0.2) is 19.6 Å². The molecule has 0 spiro atoms. The van der Waals surface area contributed by atoms with Crippen molar-refractivity contribution >= 4 is 11.2 Å². The minimum Gasteiger partial charge on any atom is -0.504 e. The van der Waals surface area contributed by atoms with Gasteiger partial charge in [-0.15, -0.1) is 0 Å². The van der Waals surface area contributed by atoms with E-state index in [0.717, 1.165) is 0 Å². The monoisotopic (exact) mass is 230 g/mol. The second-order valence-corrected chi connectivity index (χ2v) is 3.73. The molecule has 17 heavy (non-hydrogen) atoms. The number of aromatic hydroxyl groups is 1. The van der Waals surface area contributed by atoms with Crippen molar-refractivity contribution in [2.24, 2.45) is 0 Å². The van der Waals surface area contributed by atoms with Gasteiger partial charge in [-0.2, -0.15) is 5.10 Å².